The Bertz CT molecular complexity index is 686. The van der Waals surface area contributed by atoms with E-state index in [-0.39, 0.29) is 0 Å². The maximum atomic E-state index is 5.82. The Labute approximate surface area is 99.3 Å². The molecule has 17 heavy (non-hydrogen) atoms. The van der Waals surface area contributed by atoms with Gasteiger partial charge in [-0.1, -0.05) is 18.2 Å². The molecule has 2 aromatic heterocycles. The first-order valence-electron chi connectivity index (χ1n) is 5.57. The number of pyridine rings is 1. The normalized spacial score (nSPS) is 10.9. The highest BCUT2D eigenvalue weighted by atomic mass is 16.4. The summed E-state index contributed by atoms with van der Waals surface area (Å²) in [5.74, 6) is 0.844. The number of benzene rings is 1. The third kappa shape index (κ3) is 1.51. The zero-order valence-corrected chi connectivity index (χ0v) is 9.84. The van der Waals surface area contributed by atoms with Gasteiger partial charge in [0.2, 0.25) is 0 Å². The lowest BCUT2D eigenvalue weighted by atomic mass is 10.1. The van der Waals surface area contributed by atoms with Gasteiger partial charge in [0.15, 0.2) is 0 Å². The van der Waals surface area contributed by atoms with Crippen LogP contribution in [0.4, 0.5) is 0 Å². The second kappa shape index (κ2) is 3.70. The van der Waals surface area contributed by atoms with Crippen LogP contribution >= 0.6 is 0 Å². The van der Waals surface area contributed by atoms with Crippen LogP contribution < -0.4 is 4.57 Å². The number of fused-ring (bicyclic) bond motifs is 1. The summed E-state index contributed by atoms with van der Waals surface area (Å²) < 4.78 is 7.85. The Hall–Kier alpha value is -2.16. The molecule has 0 aliphatic rings. The fourth-order valence-corrected chi connectivity index (χ4v) is 2.03. The monoisotopic (exact) mass is 225 g/mol. The van der Waals surface area contributed by atoms with Crippen LogP contribution in [0, 0.1) is 6.92 Å². The van der Waals surface area contributed by atoms with Gasteiger partial charge in [0.05, 0.1) is 5.56 Å². The van der Waals surface area contributed by atoms with E-state index in [4.69, 9.17) is 4.42 Å². The van der Waals surface area contributed by atoms with E-state index in [0.29, 0.717) is 5.71 Å². The van der Waals surface area contributed by atoms with Gasteiger partial charge in [0.1, 0.15) is 7.05 Å². The van der Waals surface area contributed by atoms with Crippen LogP contribution in [-0.2, 0) is 7.05 Å². The van der Waals surface area contributed by atoms with E-state index < -0.39 is 0 Å². The first-order chi connectivity index (χ1) is 8.27. The summed E-state index contributed by atoms with van der Waals surface area (Å²) in [5, 5.41) is 0. The van der Waals surface area contributed by atoms with Crippen molar-refractivity contribution in [2.75, 3.05) is 0 Å². The van der Waals surface area contributed by atoms with E-state index in [1.807, 2.05) is 35.9 Å². The first kappa shape index (κ1) is 10.0. The molecule has 0 amide bonds. The largest absolute Gasteiger partial charge is 0.383 e. The highest BCUT2D eigenvalue weighted by molar-refractivity contribution is 5.67. The highest BCUT2D eigenvalue weighted by Gasteiger charge is 2.22. The Morgan fingerprint density at radius 2 is 1.94 bits per heavy atom. The molecule has 0 radical (unpaired) electrons. The summed E-state index contributed by atoms with van der Waals surface area (Å²) in [6.07, 6.45) is 1.74. The molecule has 84 valence electrons. The average Bonchev–Trinajstić information content (AvgIpc) is 2.68. The molecule has 3 heteroatoms. The molecule has 0 atom stereocenters. The van der Waals surface area contributed by atoms with E-state index in [1.54, 1.807) is 6.20 Å². The molecule has 0 bridgehead atoms. The molecule has 0 saturated carbocycles. The van der Waals surface area contributed by atoms with E-state index in [1.165, 1.54) is 5.56 Å². The second-order valence-electron chi connectivity index (χ2n) is 4.11. The molecular formula is C14H13N2O+. The predicted molar refractivity (Wildman–Crippen MR) is 65.4 cm³/mol. The van der Waals surface area contributed by atoms with Crippen LogP contribution in [0.1, 0.15) is 5.56 Å². The number of aromatic nitrogens is 2. The van der Waals surface area contributed by atoms with Crippen molar-refractivity contribution >= 4 is 11.2 Å². The van der Waals surface area contributed by atoms with Gasteiger partial charge in [-0.3, -0.25) is 0 Å². The van der Waals surface area contributed by atoms with E-state index in [2.05, 4.69) is 24.0 Å². The van der Waals surface area contributed by atoms with Crippen LogP contribution in [0.15, 0.2) is 47.0 Å². The number of hydrogen-bond acceptors (Lipinski definition) is 2. The molecule has 3 nitrogen and oxygen atoms in total. The molecule has 0 aliphatic heterocycles. The lowest BCUT2D eigenvalue weighted by Gasteiger charge is -1.97. The summed E-state index contributed by atoms with van der Waals surface area (Å²) in [6, 6.07) is 12.1. The lowest BCUT2D eigenvalue weighted by molar-refractivity contribution is -0.637. The van der Waals surface area contributed by atoms with Crippen LogP contribution in [0.2, 0.25) is 0 Å². The van der Waals surface area contributed by atoms with Crippen molar-refractivity contribution in [3.05, 3.63) is 48.2 Å². The van der Waals surface area contributed by atoms with Crippen molar-refractivity contribution in [1.29, 1.82) is 0 Å². The van der Waals surface area contributed by atoms with E-state index in [0.717, 1.165) is 17.0 Å². The predicted octanol–water partition coefficient (Wildman–Crippen LogP) is 2.63. The topological polar surface area (TPSA) is 29.9 Å². The number of hydrogen-bond donors (Lipinski definition) is 0. The van der Waals surface area contributed by atoms with Crippen LogP contribution in [0.5, 0.6) is 0 Å². The van der Waals surface area contributed by atoms with Gasteiger partial charge >= 0.3 is 5.89 Å². The quantitative estimate of drug-likeness (QED) is 0.596. The molecule has 0 spiro atoms. The fourth-order valence-electron chi connectivity index (χ4n) is 2.03. The first-order valence-corrected chi connectivity index (χ1v) is 5.57. The molecule has 1 aromatic carbocycles. The SMILES string of the molecule is Cc1ccccc1-c1oc2ncccc2[n+]1C. The Morgan fingerprint density at radius 3 is 2.71 bits per heavy atom. The highest BCUT2D eigenvalue weighted by Crippen LogP contribution is 2.23. The Kier molecular flexibility index (Phi) is 2.18. The maximum absolute atomic E-state index is 5.82. The molecule has 0 unspecified atom stereocenters. The molecule has 3 aromatic rings. The van der Waals surface area contributed by atoms with Crippen molar-refractivity contribution in [2.24, 2.45) is 7.05 Å². The third-order valence-corrected chi connectivity index (χ3v) is 2.99. The van der Waals surface area contributed by atoms with Crippen molar-refractivity contribution in [2.45, 2.75) is 6.92 Å². The van der Waals surface area contributed by atoms with Gasteiger partial charge in [0, 0.05) is 12.3 Å². The number of aryl methyl sites for hydroxylation is 2. The minimum absolute atomic E-state index is 0.674. The van der Waals surface area contributed by atoms with Gasteiger partial charge in [-0.25, -0.2) is 4.98 Å². The zero-order valence-electron chi connectivity index (χ0n) is 9.84. The molecule has 2 heterocycles. The fraction of sp³-hybridized carbons (Fsp3) is 0.143. The molecule has 0 saturated heterocycles. The van der Waals surface area contributed by atoms with Crippen LogP contribution in [0.3, 0.4) is 0 Å². The maximum Gasteiger partial charge on any atom is 0.383 e. The Morgan fingerprint density at radius 1 is 1.12 bits per heavy atom. The van der Waals surface area contributed by atoms with E-state index in [9.17, 15) is 0 Å². The smallest absolute Gasteiger partial charge is 0.378 e. The van der Waals surface area contributed by atoms with Gasteiger partial charge in [-0.2, -0.15) is 4.57 Å². The minimum atomic E-state index is 0.674. The summed E-state index contributed by atoms with van der Waals surface area (Å²) in [6.45, 7) is 2.08. The number of oxazole rings is 1. The standard InChI is InChI=1S/C14H13N2O/c1-10-6-3-4-7-11(10)14-16(2)12-8-5-9-15-13(12)17-14/h3-9H,1-2H3/q+1. The van der Waals surface area contributed by atoms with Crippen LogP contribution in [0.25, 0.3) is 22.7 Å². The molecule has 0 fully saturated rings. The average molecular weight is 225 g/mol. The summed E-state index contributed by atoms with van der Waals surface area (Å²) >= 11 is 0. The van der Waals surface area contributed by atoms with E-state index >= 15 is 0 Å². The molecular weight excluding hydrogens is 212 g/mol. The van der Waals surface area contributed by atoms with Gasteiger partial charge < -0.3 is 4.42 Å². The lowest BCUT2D eigenvalue weighted by Crippen LogP contribution is -2.28. The molecule has 0 N–H and O–H groups in total. The van der Waals surface area contributed by atoms with Crippen molar-refractivity contribution in [3.8, 4) is 11.5 Å². The second-order valence-corrected chi connectivity index (χ2v) is 4.11. The summed E-state index contributed by atoms with van der Waals surface area (Å²) in [7, 11) is 2.00. The van der Waals surface area contributed by atoms with Crippen molar-refractivity contribution < 1.29 is 8.98 Å². The molecule has 0 aliphatic carbocycles. The van der Waals surface area contributed by atoms with Gasteiger partial charge in [-0.15, -0.1) is 0 Å². The van der Waals surface area contributed by atoms with Crippen LogP contribution in [-0.4, -0.2) is 4.98 Å². The number of nitrogens with zero attached hydrogens (tertiary/aromatic N) is 2. The zero-order chi connectivity index (χ0) is 11.8. The molecule has 3 rings (SSSR count). The minimum Gasteiger partial charge on any atom is -0.378 e. The van der Waals surface area contributed by atoms with Gasteiger partial charge in [0.25, 0.3) is 11.2 Å². The van der Waals surface area contributed by atoms with Crippen molar-refractivity contribution in [1.82, 2.24) is 4.98 Å². The summed E-state index contributed by atoms with van der Waals surface area (Å²) in [4.78, 5) is 4.23. The van der Waals surface area contributed by atoms with Crippen molar-refractivity contribution in [3.63, 3.8) is 0 Å². The third-order valence-electron chi connectivity index (χ3n) is 2.99. The number of rotatable bonds is 1. The van der Waals surface area contributed by atoms with Gasteiger partial charge in [-0.05, 0) is 24.6 Å². The summed E-state index contributed by atoms with van der Waals surface area (Å²) in [5.41, 5.74) is 3.98. The Balaban J connectivity index is 2.32.